The van der Waals surface area contributed by atoms with Gasteiger partial charge in [-0.3, -0.25) is 0 Å². The standard InChI is InChI=1S/C17H23N3/c1-12(2)8-10-20-16-6-5-14(13(3)4)11-15(16)19-17(20)7-9-18/h5-6,11-13H,7-8,10H2,1-4H3. The quantitative estimate of drug-likeness (QED) is 0.813. The predicted octanol–water partition coefficient (Wildman–Crippen LogP) is 4.27. The number of benzene rings is 1. The van der Waals surface area contributed by atoms with E-state index in [0.29, 0.717) is 18.3 Å². The largest absolute Gasteiger partial charge is 0.327 e. The van der Waals surface area contributed by atoms with E-state index in [1.807, 2.05) is 0 Å². The lowest BCUT2D eigenvalue weighted by atomic mass is 10.0. The van der Waals surface area contributed by atoms with Gasteiger partial charge in [0.15, 0.2) is 0 Å². The van der Waals surface area contributed by atoms with Crippen molar-refractivity contribution in [3.8, 4) is 6.07 Å². The molecule has 2 rings (SSSR count). The van der Waals surface area contributed by atoms with Crippen LogP contribution in [0.25, 0.3) is 11.0 Å². The number of hydrogen-bond acceptors (Lipinski definition) is 2. The average Bonchev–Trinajstić information content (AvgIpc) is 2.73. The number of aromatic nitrogens is 2. The number of fused-ring (bicyclic) bond motifs is 1. The molecule has 0 bridgehead atoms. The minimum atomic E-state index is 0.379. The molecular formula is C17H23N3. The number of aryl methyl sites for hydroxylation is 1. The molecule has 0 saturated carbocycles. The van der Waals surface area contributed by atoms with E-state index in [1.54, 1.807) is 0 Å². The fourth-order valence-electron chi connectivity index (χ4n) is 2.40. The first-order valence-electron chi connectivity index (χ1n) is 7.39. The van der Waals surface area contributed by atoms with Crippen molar-refractivity contribution in [2.45, 2.75) is 53.0 Å². The summed E-state index contributed by atoms with van der Waals surface area (Å²) >= 11 is 0. The van der Waals surface area contributed by atoms with Gasteiger partial charge in [-0.2, -0.15) is 5.26 Å². The third-order valence-electron chi connectivity index (χ3n) is 3.69. The first-order valence-corrected chi connectivity index (χ1v) is 7.39. The smallest absolute Gasteiger partial charge is 0.124 e. The molecule has 1 aromatic heterocycles. The van der Waals surface area contributed by atoms with Crippen molar-refractivity contribution >= 4 is 11.0 Å². The number of nitrogens with zero attached hydrogens (tertiary/aromatic N) is 3. The molecule has 3 heteroatoms. The van der Waals surface area contributed by atoms with Crippen LogP contribution >= 0.6 is 0 Å². The Kier molecular flexibility index (Phi) is 4.44. The molecule has 1 heterocycles. The Labute approximate surface area is 121 Å². The van der Waals surface area contributed by atoms with Crippen LogP contribution in [0.5, 0.6) is 0 Å². The Morgan fingerprint density at radius 1 is 1.25 bits per heavy atom. The lowest BCUT2D eigenvalue weighted by Crippen LogP contribution is -2.05. The van der Waals surface area contributed by atoms with E-state index < -0.39 is 0 Å². The van der Waals surface area contributed by atoms with Gasteiger partial charge < -0.3 is 4.57 Å². The second-order valence-electron chi connectivity index (χ2n) is 6.10. The molecule has 0 radical (unpaired) electrons. The van der Waals surface area contributed by atoms with Crippen LogP contribution in [0.3, 0.4) is 0 Å². The second-order valence-corrected chi connectivity index (χ2v) is 6.10. The first-order chi connectivity index (χ1) is 9.52. The molecule has 0 aliphatic rings. The summed E-state index contributed by atoms with van der Waals surface area (Å²) in [7, 11) is 0. The maximum Gasteiger partial charge on any atom is 0.124 e. The molecule has 0 N–H and O–H groups in total. The van der Waals surface area contributed by atoms with E-state index in [0.717, 1.165) is 29.8 Å². The summed E-state index contributed by atoms with van der Waals surface area (Å²) in [6, 6.07) is 8.72. The van der Waals surface area contributed by atoms with Crippen LogP contribution in [0.1, 0.15) is 51.4 Å². The Hall–Kier alpha value is -1.82. The highest BCUT2D eigenvalue weighted by molar-refractivity contribution is 5.77. The first kappa shape index (κ1) is 14.6. The van der Waals surface area contributed by atoms with Crippen molar-refractivity contribution in [3.05, 3.63) is 29.6 Å². The van der Waals surface area contributed by atoms with Crippen molar-refractivity contribution < 1.29 is 0 Å². The van der Waals surface area contributed by atoms with Crippen LogP contribution < -0.4 is 0 Å². The third-order valence-corrected chi connectivity index (χ3v) is 3.69. The third kappa shape index (κ3) is 3.01. The zero-order valence-electron chi connectivity index (χ0n) is 12.8. The van der Waals surface area contributed by atoms with Crippen LogP contribution in [0, 0.1) is 17.2 Å². The highest BCUT2D eigenvalue weighted by Gasteiger charge is 2.12. The van der Waals surface area contributed by atoms with Gasteiger partial charge in [0, 0.05) is 6.54 Å². The molecule has 20 heavy (non-hydrogen) atoms. The number of nitriles is 1. The van der Waals surface area contributed by atoms with Crippen LogP contribution in [0.15, 0.2) is 18.2 Å². The Morgan fingerprint density at radius 2 is 2.00 bits per heavy atom. The van der Waals surface area contributed by atoms with Gasteiger partial charge in [0.05, 0.1) is 23.5 Å². The summed E-state index contributed by atoms with van der Waals surface area (Å²) in [5.74, 6) is 2.04. The molecule has 0 unspecified atom stereocenters. The van der Waals surface area contributed by atoms with Gasteiger partial charge in [0.1, 0.15) is 5.82 Å². The van der Waals surface area contributed by atoms with Crippen molar-refractivity contribution in [1.82, 2.24) is 9.55 Å². The topological polar surface area (TPSA) is 41.6 Å². The van der Waals surface area contributed by atoms with Gasteiger partial charge >= 0.3 is 0 Å². The van der Waals surface area contributed by atoms with Crippen molar-refractivity contribution in [1.29, 1.82) is 5.26 Å². The van der Waals surface area contributed by atoms with E-state index in [-0.39, 0.29) is 0 Å². The molecule has 2 aromatic rings. The zero-order chi connectivity index (χ0) is 14.7. The summed E-state index contributed by atoms with van der Waals surface area (Å²) in [6.45, 7) is 9.76. The molecule has 0 aliphatic heterocycles. The second kappa shape index (κ2) is 6.09. The molecule has 1 aromatic carbocycles. The van der Waals surface area contributed by atoms with E-state index in [9.17, 15) is 0 Å². The van der Waals surface area contributed by atoms with E-state index in [2.05, 4.69) is 61.5 Å². The number of imidazole rings is 1. The van der Waals surface area contributed by atoms with Gasteiger partial charge in [-0.1, -0.05) is 33.8 Å². The molecule has 0 spiro atoms. The van der Waals surface area contributed by atoms with E-state index in [1.165, 1.54) is 5.56 Å². The molecule has 0 saturated heterocycles. The summed E-state index contributed by atoms with van der Waals surface area (Å²) in [4.78, 5) is 4.66. The van der Waals surface area contributed by atoms with Gasteiger partial charge in [0.2, 0.25) is 0 Å². The van der Waals surface area contributed by atoms with Gasteiger partial charge in [-0.25, -0.2) is 4.98 Å². The summed E-state index contributed by atoms with van der Waals surface area (Å²) in [5.41, 5.74) is 3.47. The average molecular weight is 269 g/mol. The number of rotatable bonds is 5. The zero-order valence-corrected chi connectivity index (χ0v) is 12.8. The Balaban J connectivity index is 2.46. The van der Waals surface area contributed by atoms with Crippen molar-refractivity contribution in [3.63, 3.8) is 0 Å². The van der Waals surface area contributed by atoms with Crippen molar-refractivity contribution in [2.75, 3.05) is 0 Å². The fraction of sp³-hybridized carbons (Fsp3) is 0.529. The van der Waals surface area contributed by atoms with Gasteiger partial charge in [0.25, 0.3) is 0 Å². The van der Waals surface area contributed by atoms with Crippen molar-refractivity contribution in [2.24, 2.45) is 5.92 Å². The highest BCUT2D eigenvalue weighted by Crippen LogP contribution is 2.23. The summed E-state index contributed by atoms with van der Waals surface area (Å²) in [5, 5.41) is 8.99. The fourth-order valence-corrected chi connectivity index (χ4v) is 2.40. The van der Waals surface area contributed by atoms with E-state index >= 15 is 0 Å². The molecular weight excluding hydrogens is 246 g/mol. The monoisotopic (exact) mass is 269 g/mol. The van der Waals surface area contributed by atoms with Crippen LogP contribution in [-0.2, 0) is 13.0 Å². The summed E-state index contributed by atoms with van der Waals surface area (Å²) in [6.07, 6.45) is 1.49. The molecule has 0 atom stereocenters. The molecule has 0 amide bonds. The Bertz CT molecular complexity index is 629. The lowest BCUT2D eigenvalue weighted by molar-refractivity contribution is 0.515. The highest BCUT2D eigenvalue weighted by atomic mass is 15.1. The number of hydrogen-bond donors (Lipinski definition) is 0. The predicted molar refractivity (Wildman–Crippen MR) is 82.6 cm³/mol. The molecule has 0 aliphatic carbocycles. The van der Waals surface area contributed by atoms with E-state index in [4.69, 9.17) is 5.26 Å². The molecule has 0 fully saturated rings. The minimum absolute atomic E-state index is 0.379. The molecule has 106 valence electrons. The molecule has 3 nitrogen and oxygen atoms in total. The maximum absolute atomic E-state index is 8.99. The van der Waals surface area contributed by atoms with Crippen LogP contribution in [-0.4, -0.2) is 9.55 Å². The van der Waals surface area contributed by atoms with Crippen LogP contribution in [0.2, 0.25) is 0 Å². The Morgan fingerprint density at radius 3 is 2.60 bits per heavy atom. The van der Waals surface area contributed by atoms with Crippen LogP contribution in [0.4, 0.5) is 0 Å². The van der Waals surface area contributed by atoms with Gasteiger partial charge in [-0.15, -0.1) is 0 Å². The maximum atomic E-state index is 8.99. The summed E-state index contributed by atoms with van der Waals surface area (Å²) < 4.78 is 2.21. The van der Waals surface area contributed by atoms with Gasteiger partial charge in [-0.05, 0) is 36.0 Å². The normalized spacial score (nSPS) is 11.4. The lowest BCUT2D eigenvalue weighted by Gasteiger charge is -2.10. The SMILES string of the molecule is CC(C)CCn1c(CC#N)nc2cc(C(C)C)ccc21. The minimum Gasteiger partial charge on any atom is -0.327 e.